The Bertz CT molecular complexity index is 671. The van der Waals surface area contributed by atoms with Gasteiger partial charge in [-0.3, -0.25) is 4.79 Å². The molecule has 4 nitrogen and oxygen atoms in total. The number of hydrogen-bond donors (Lipinski definition) is 1. The molecule has 0 spiro atoms. The second kappa shape index (κ2) is 8.85. The Morgan fingerprint density at radius 3 is 2.54 bits per heavy atom. The lowest BCUT2D eigenvalue weighted by Crippen LogP contribution is -2.34. The molecular weight excluding hydrogens is 318 g/mol. The normalized spacial score (nSPS) is 12.2. The summed E-state index contributed by atoms with van der Waals surface area (Å²) in [5.74, 6) is -0.0792. The number of pyridine rings is 1. The Balaban J connectivity index is 2.09. The van der Waals surface area contributed by atoms with Crippen LogP contribution in [0, 0.1) is 0 Å². The van der Waals surface area contributed by atoms with Crippen LogP contribution in [-0.4, -0.2) is 42.7 Å². The van der Waals surface area contributed by atoms with Crippen LogP contribution in [0.5, 0.6) is 0 Å². The van der Waals surface area contributed by atoms with Gasteiger partial charge in [0, 0.05) is 12.7 Å². The Morgan fingerprint density at radius 2 is 1.96 bits per heavy atom. The van der Waals surface area contributed by atoms with E-state index in [0.29, 0.717) is 12.1 Å². The molecular formula is C19H25N3OS. The number of likely N-dealkylation sites (N-methyl/N-ethyl adjacent to an activating group) is 1. The number of carbonyl (C=O) groups is 1. The first-order chi connectivity index (χ1) is 11.6. The minimum Gasteiger partial charge on any atom is -0.350 e. The van der Waals surface area contributed by atoms with Crippen LogP contribution in [0.2, 0.25) is 0 Å². The Kier molecular flexibility index (Phi) is 6.82. The van der Waals surface area contributed by atoms with Gasteiger partial charge >= 0.3 is 0 Å². The fourth-order valence-electron chi connectivity index (χ4n) is 2.58. The second-order valence-electron chi connectivity index (χ2n) is 5.84. The highest BCUT2D eigenvalue weighted by molar-refractivity contribution is 7.98. The Morgan fingerprint density at radius 1 is 1.25 bits per heavy atom. The molecule has 5 heteroatoms. The number of aromatic nitrogens is 1. The molecule has 0 aliphatic rings. The topological polar surface area (TPSA) is 45.2 Å². The van der Waals surface area contributed by atoms with Gasteiger partial charge in [-0.25, -0.2) is 4.98 Å². The fourth-order valence-corrected chi connectivity index (χ4v) is 3.13. The Labute approximate surface area is 148 Å². The van der Waals surface area contributed by atoms with Gasteiger partial charge in [0.2, 0.25) is 0 Å². The Hall–Kier alpha value is -1.85. The van der Waals surface area contributed by atoms with Crippen molar-refractivity contribution in [1.29, 1.82) is 0 Å². The molecule has 0 saturated carbocycles. The highest BCUT2D eigenvalue weighted by Gasteiger charge is 2.17. The third-order valence-corrected chi connectivity index (χ3v) is 4.77. The van der Waals surface area contributed by atoms with E-state index in [9.17, 15) is 4.79 Å². The molecule has 128 valence electrons. The molecule has 0 bridgehead atoms. The van der Waals surface area contributed by atoms with E-state index in [4.69, 9.17) is 0 Å². The summed E-state index contributed by atoms with van der Waals surface area (Å²) in [7, 11) is 4.06. The van der Waals surface area contributed by atoms with Crippen molar-refractivity contribution in [3.8, 4) is 0 Å². The van der Waals surface area contributed by atoms with E-state index in [1.54, 1.807) is 12.3 Å². The summed E-state index contributed by atoms with van der Waals surface area (Å²) in [6, 6.07) is 12.3. The van der Waals surface area contributed by atoms with E-state index in [2.05, 4.69) is 46.4 Å². The van der Waals surface area contributed by atoms with E-state index < -0.39 is 0 Å². The average Bonchev–Trinajstić information content (AvgIpc) is 2.61. The zero-order chi connectivity index (χ0) is 17.5. The van der Waals surface area contributed by atoms with E-state index in [1.165, 1.54) is 22.9 Å². The van der Waals surface area contributed by atoms with Crippen molar-refractivity contribution in [2.45, 2.75) is 24.4 Å². The van der Waals surface area contributed by atoms with Crippen molar-refractivity contribution in [2.75, 3.05) is 26.9 Å². The summed E-state index contributed by atoms with van der Waals surface area (Å²) in [6.45, 7) is 2.70. The van der Waals surface area contributed by atoms with E-state index in [-0.39, 0.29) is 11.9 Å². The number of aryl methyl sites for hydroxylation is 1. The minimum atomic E-state index is -0.0792. The molecule has 1 atom stereocenters. The van der Waals surface area contributed by atoms with Gasteiger partial charge in [-0.05, 0) is 50.0 Å². The molecule has 0 aliphatic heterocycles. The molecule has 2 rings (SSSR count). The second-order valence-corrected chi connectivity index (χ2v) is 6.64. The smallest absolute Gasteiger partial charge is 0.254 e. The van der Waals surface area contributed by atoms with Gasteiger partial charge in [0.15, 0.2) is 0 Å². The zero-order valence-corrected chi connectivity index (χ0v) is 15.6. The number of carbonyl (C=O) groups excluding carboxylic acids is 1. The molecule has 24 heavy (non-hydrogen) atoms. The lowest BCUT2D eigenvalue weighted by Gasteiger charge is -2.25. The molecule has 2 aromatic rings. The number of rotatable bonds is 7. The lowest BCUT2D eigenvalue weighted by atomic mass is 10.0. The summed E-state index contributed by atoms with van der Waals surface area (Å²) >= 11 is 1.48. The number of nitrogens with zero attached hydrogens (tertiary/aromatic N) is 2. The minimum absolute atomic E-state index is 0.0792. The van der Waals surface area contributed by atoms with Crippen LogP contribution < -0.4 is 5.32 Å². The molecule has 0 aliphatic carbocycles. The van der Waals surface area contributed by atoms with Crippen molar-refractivity contribution in [3.63, 3.8) is 0 Å². The third-order valence-electron chi connectivity index (χ3n) is 4.06. The van der Waals surface area contributed by atoms with Gasteiger partial charge in [-0.2, -0.15) is 0 Å². The van der Waals surface area contributed by atoms with Crippen LogP contribution in [0.3, 0.4) is 0 Å². The molecule has 1 aromatic carbocycles. The first-order valence-electron chi connectivity index (χ1n) is 8.09. The average molecular weight is 343 g/mol. The number of benzene rings is 1. The summed E-state index contributed by atoms with van der Waals surface area (Å²) in [5, 5.41) is 3.80. The largest absolute Gasteiger partial charge is 0.350 e. The van der Waals surface area contributed by atoms with E-state index in [0.717, 1.165) is 11.4 Å². The molecule has 0 fully saturated rings. The predicted molar refractivity (Wildman–Crippen MR) is 101 cm³/mol. The maximum atomic E-state index is 12.5. The maximum absolute atomic E-state index is 12.5. The van der Waals surface area contributed by atoms with Crippen molar-refractivity contribution in [3.05, 3.63) is 59.3 Å². The summed E-state index contributed by atoms with van der Waals surface area (Å²) < 4.78 is 0. The number of thioether (sulfide) groups is 1. The molecule has 1 aromatic heterocycles. The summed E-state index contributed by atoms with van der Waals surface area (Å²) in [5.41, 5.74) is 3.15. The van der Waals surface area contributed by atoms with Gasteiger partial charge in [-0.1, -0.05) is 31.2 Å². The number of amides is 1. The highest BCUT2D eigenvalue weighted by Crippen LogP contribution is 2.20. The van der Waals surface area contributed by atoms with Crippen molar-refractivity contribution < 1.29 is 4.79 Å². The SMILES string of the molecule is CCc1ccc([C@@H](CNC(=O)c2cccnc2SC)N(C)C)cc1. The molecule has 1 heterocycles. The van der Waals surface area contributed by atoms with Crippen LogP contribution in [-0.2, 0) is 6.42 Å². The summed E-state index contributed by atoms with van der Waals surface area (Å²) in [4.78, 5) is 18.9. The number of hydrogen-bond acceptors (Lipinski definition) is 4. The lowest BCUT2D eigenvalue weighted by molar-refractivity contribution is 0.0938. The van der Waals surface area contributed by atoms with Crippen molar-refractivity contribution in [1.82, 2.24) is 15.2 Å². The quantitative estimate of drug-likeness (QED) is 0.783. The van der Waals surface area contributed by atoms with Crippen molar-refractivity contribution in [2.24, 2.45) is 0 Å². The van der Waals surface area contributed by atoms with Gasteiger partial charge in [0.25, 0.3) is 5.91 Å². The maximum Gasteiger partial charge on any atom is 0.254 e. The van der Waals surface area contributed by atoms with Gasteiger partial charge in [0.05, 0.1) is 11.6 Å². The first-order valence-corrected chi connectivity index (χ1v) is 9.31. The van der Waals surface area contributed by atoms with Gasteiger partial charge in [-0.15, -0.1) is 11.8 Å². The van der Waals surface area contributed by atoms with Crippen LogP contribution in [0.25, 0.3) is 0 Å². The number of nitrogens with one attached hydrogen (secondary N) is 1. The zero-order valence-electron chi connectivity index (χ0n) is 14.7. The molecule has 0 unspecified atom stereocenters. The summed E-state index contributed by atoms with van der Waals surface area (Å²) in [6.07, 6.45) is 4.67. The standard InChI is InChI=1S/C19H25N3OS/c1-5-14-8-10-15(11-9-14)17(22(2)3)13-21-18(23)16-7-6-12-20-19(16)24-4/h6-12,17H,5,13H2,1-4H3,(H,21,23)/t17-/m1/s1. The fraction of sp³-hybridized carbons (Fsp3) is 0.368. The highest BCUT2D eigenvalue weighted by atomic mass is 32.2. The van der Waals surface area contributed by atoms with E-state index >= 15 is 0 Å². The van der Waals surface area contributed by atoms with Gasteiger partial charge in [0.1, 0.15) is 5.03 Å². The van der Waals surface area contributed by atoms with Crippen LogP contribution in [0.15, 0.2) is 47.6 Å². The first kappa shape index (κ1) is 18.5. The van der Waals surface area contributed by atoms with Gasteiger partial charge < -0.3 is 10.2 Å². The van der Waals surface area contributed by atoms with E-state index in [1.807, 2.05) is 26.4 Å². The van der Waals surface area contributed by atoms with Crippen molar-refractivity contribution >= 4 is 17.7 Å². The predicted octanol–water partition coefficient (Wildman–Crippen LogP) is 3.40. The van der Waals surface area contributed by atoms with Crippen LogP contribution in [0.1, 0.15) is 34.5 Å². The monoisotopic (exact) mass is 343 g/mol. The molecule has 1 N–H and O–H groups in total. The molecule has 1 amide bonds. The third kappa shape index (κ3) is 4.58. The van der Waals surface area contributed by atoms with Crippen LogP contribution >= 0.6 is 11.8 Å². The van der Waals surface area contributed by atoms with Crippen LogP contribution in [0.4, 0.5) is 0 Å². The molecule has 0 radical (unpaired) electrons. The molecule has 0 saturated heterocycles.